The van der Waals surface area contributed by atoms with Crippen LogP contribution in [0.1, 0.15) is 45.2 Å². The minimum Gasteiger partial charge on any atom is -0.497 e. The van der Waals surface area contributed by atoms with Crippen LogP contribution in [-0.4, -0.2) is 38.7 Å². The monoisotopic (exact) mass is 571 g/mol. The van der Waals surface area contributed by atoms with Crippen molar-refractivity contribution in [1.82, 2.24) is 4.90 Å². The Hall–Kier alpha value is -1.41. The molecule has 0 fully saturated rings. The first kappa shape index (κ1) is 28.8. The quantitative estimate of drug-likeness (QED) is 0.219. The van der Waals surface area contributed by atoms with E-state index in [4.69, 9.17) is 20.8 Å². The molecule has 0 saturated heterocycles. The Balaban J connectivity index is 2.61. The highest BCUT2D eigenvalue weighted by atomic mass is 79.9. The van der Waals surface area contributed by atoms with Crippen molar-refractivity contribution in [1.29, 1.82) is 0 Å². The molecule has 0 saturated carbocycles. The third-order valence-electron chi connectivity index (χ3n) is 6.73. The second-order valence-corrected chi connectivity index (χ2v) is 16.3. The number of halogens is 3. The molecule has 0 aliphatic rings. The van der Waals surface area contributed by atoms with E-state index in [1.165, 1.54) is 6.07 Å². The maximum atomic E-state index is 15.3. The van der Waals surface area contributed by atoms with Crippen LogP contribution < -0.4 is 4.74 Å². The van der Waals surface area contributed by atoms with Crippen LogP contribution in [0.3, 0.4) is 0 Å². The van der Waals surface area contributed by atoms with Crippen LogP contribution in [0.2, 0.25) is 18.1 Å². The van der Waals surface area contributed by atoms with Crippen LogP contribution in [0.25, 0.3) is 0 Å². The number of hydrogen-bond donors (Lipinski definition) is 0. The second kappa shape index (κ2) is 11.5. The summed E-state index contributed by atoms with van der Waals surface area (Å²) < 4.78 is 27.9. The first-order valence-corrected chi connectivity index (χ1v) is 15.6. The first-order chi connectivity index (χ1) is 15.7. The largest absolute Gasteiger partial charge is 0.497 e. The Morgan fingerprint density at radius 2 is 1.74 bits per heavy atom. The summed E-state index contributed by atoms with van der Waals surface area (Å²) in [6.45, 7) is 13.1. The van der Waals surface area contributed by atoms with Gasteiger partial charge in [0.2, 0.25) is 5.91 Å². The molecule has 188 valence electrons. The summed E-state index contributed by atoms with van der Waals surface area (Å²) in [7, 11) is -0.589. The van der Waals surface area contributed by atoms with Gasteiger partial charge in [-0.3, -0.25) is 4.79 Å². The SMILES string of the molecule is COc1ccc(CN(C(=O)CCCl)C(C)(CO[Si](C)(C)C(C)(C)C)c2cc(Br)ccc2F)cc1. The molecule has 1 amide bonds. The molecule has 2 rings (SSSR count). The number of nitrogens with zero attached hydrogens (tertiary/aromatic N) is 1. The van der Waals surface area contributed by atoms with Gasteiger partial charge in [-0.2, -0.15) is 0 Å². The number of alkyl halides is 1. The normalized spacial score (nSPS) is 13.9. The van der Waals surface area contributed by atoms with Gasteiger partial charge in [-0.15, -0.1) is 11.6 Å². The lowest BCUT2D eigenvalue weighted by Crippen LogP contribution is -2.53. The molecule has 0 aliphatic heterocycles. The Morgan fingerprint density at radius 1 is 1.12 bits per heavy atom. The molecule has 0 N–H and O–H groups in total. The number of benzene rings is 2. The van der Waals surface area contributed by atoms with E-state index >= 15 is 4.39 Å². The maximum absolute atomic E-state index is 15.3. The van der Waals surface area contributed by atoms with E-state index in [0.29, 0.717) is 5.56 Å². The lowest BCUT2D eigenvalue weighted by molar-refractivity contribution is -0.140. The molecule has 0 spiro atoms. The fourth-order valence-corrected chi connectivity index (χ4v) is 5.01. The van der Waals surface area contributed by atoms with Gasteiger partial charge in [-0.1, -0.05) is 48.8 Å². The summed E-state index contributed by atoms with van der Waals surface area (Å²) in [6.07, 6.45) is 0.142. The van der Waals surface area contributed by atoms with Crippen LogP contribution in [0.5, 0.6) is 5.75 Å². The first-order valence-electron chi connectivity index (χ1n) is 11.3. The Labute approximate surface area is 218 Å². The summed E-state index contributed by atoms with van der Waals surface area (Å²) in [4.78, 5) is 15.2. The number of rotatable bonds is 10. The molecule has 1 atom stereocenters. The van der Waals surface area contributed by atoms with E-state index in [9.17, 15) is 4.79 Å². The number of methoxy groups -OCH3 is 1. The van der Waals surface area contributed by atoms with Crippen molar-refractivity contribution < 1.29 is 18.3 Å². The van der Waals surface area contributed by atoms with Crippen molar-refractivity contribution in [3.05, 3.63) is 63.9 Å². The van der Waals surface area contributed by atoms with E-state index in [2.05, 4.69) is 49.8 Å². The van der Waals surface area contributed by atoms with Crippen molar-refractivity contribution in [2.24, 2.45) is 0 Å². The molecule has 0 heterocycles. The number of amides is 1. The zero-order chi connectivity index (χ0) is 25.7. The smallest absolute Gasteiger partial charge is 0.224 e. The van der Waals surface area contributed by atoms with Crippen molar-refractivity contribution in [3.63, 3.8) is 0 Å². The maximum Gasteiger partial charge on any atom is 0.224 e. The number of ether oxygens (including phenoxy) is 1. The van der Waals surface area contributed by atoms with E-state index in [1.54, 1.807) is 24.1 Å². The van der Waals surface area contributed by atoms with Gasteiger partial charge in [-0.05, 0) is 61.0 Å². The Morgan fingerprint density at radius 3 is 2.26 bits per heavy atom. The zero-order valence-electron chi connectivity index (χ0n) is 21.2. The Bertz CT molecular complexity index is 981. The summed E-state index contributed by atoms with van der Waals surface area (Å²) in [5, 5.41) is -0.0370. The van der Waals surface area contributed by atoms with Gasteiger partial charge in [-0.25, -0.2) is 4.39 Å². The molecule has 4 nitrogen and oxygen atoms in total. The minimum atomic E-state index is -2.20. The van der Waals surface area contributed by atoms with Gasteiger partial charge in [0, 0.05) is 28.9 Å². The van der Waals surface area contributed by atoms with Gasteiger partial charge < -0.3 is 14.1 Å². The highest BCUT2D eigenvalue weighted by Gasteiger charge is 2.44. The minimum absolute atomic E-state index is 0.0370. The van der Waals surface area contributed by atoms with Crippen molar-refractivity contribution >= 4 is 41.8 Å². The third-order valence-corrected chi connectivity index (χ3v) is 11.9. The molecule has 1 unspecified atom stereocenters. The predicted octanol–water partition coefficient (Wildman–Crippen LogP) is 7.49. The number of hydrogen-bond acceptors (Lipinski definition) is 3. The molecule has 0 aromatic heterocycles. The van der Waals surface area contributed by atoms with Gasteiger partial charge in [0.1, 0.15) is 11.6 Å². The average molecular weight is 573 g/mol. The third kappa shape index (κ3) is 6.84. The topological polar surface area (TPSA) is 38.8 Å². The van der Waals surface area contributed by atoms with E-state index < -0.39 is 13.9 Å². The lowest BCUT2D eigenvalue weighted by Gasteiger charge is -2.45. The average Bonchev–Trinajstić information content (AvgIpc) is 2.77. The van der Waals surface area contributed by atoms with Crippen LogP contribution in [-0.2, 0) is 21.3 Å². The summed E-state index contributed by atoms with van der Waals surface area (Å²) in [5.74, 6) is 0.358. The standard InChI is InChI=1S/C26H36BrClFNO3Si/c1-25(2,3)34(6,7)33-18-26(4,22-16-20(27)10-13-23(22)29)30(24(31)14-15-28)17-19-8-11-21(32-5)12-9-19/h8-13,16H,14-15,17-18H2,1-7H3. The van der Waals surface area contributed by atoms with E-state index in [-0.39, 0.29) is 42.2 Å². The van der Waals surface area contributed by atoms with Gasteiger partial charge in [0.05, 0.1) is 19.3 Å². The van der Waals surface area contributed by atoms with Crippen molar-refractivity contribution in [2.75, 3.05) is 19.6 Å². The molecular weight excluding hydrogens is 537 g/mol. The van der Waals surface area contributed by atoms with Crippen molar-refractivity contribution in [2.45, 2.75) is 64.3 Å². The second-order valence-electron chi connectivity index (χ2n) is 10.2. The van der Waals surface area contributed by atoms with Crippen LogP contribution in [0, 0.1) is 5.82 Å². The fourth-order valence-electron chi connectivity index (χ4n) is 3.42. The molecule has 2 aromatic rings. The van der Waals surface area contributed by atoms with Crippen LogP contribution in [0.4, 0.5) is 4.39 Å². The summed E-state index contributed by atoms with van der Waals surface area (Å²) >= 11 is 9.45. The highest BCUT2D eigenvalue weighted by molar-refractivity contribution is 9.10. The van der Waals surface area contributed by atoms with Crippen LogP contribution in [0.15, 0.2) is 46.9 Å². The molecule has 2 aromatic carbocycles. The number of carbonyl (C=O) groups excluding carboxylic acids is 1. The predicted molar refractivity (Wildman–Crippen MR) is 143 cm³/mol. The van der Waals surface area contributed by atoms with E-state index in [0.717, 1.165) is 15.8 Å². The fraction of sp³-hybridized carbons (Fsp3) is 0.500. The lowest BCUT2D eigenvalue weighted by atomic mass is 9.89. The number of carbonyl (C=O) groups is 1. The highest BCUT2D eigenvalue weighted by Crippen LogP contribution is 2.40. The molecule has 0 bridgehead atoms. The summed E-state index contributed by atoms with van der Waals surface area (Å²) in [5.41, 5.74) is 0.238. The molecular formula is C26H36BrClFNO3Si. The Kier molecular flexibility index (Phi) is 9.79. The van der Waals surface area contributed by atoms with Gasteiger partial charge >= 0.3 is 0 Å². The van der Waals surface area contributed by atoms with Crippen LogP contribution >= 0.6 is 27.5 Å². The van der Waals surface area contributed by atoms with Crippen molar-refractivity contribution in [3.8, 4) is 5.75 Å². The summed E-state index contributed by atoms with van der Waals surface area (Å²) in [6, 6.07) is 12.3. The van der Waals surface area contributed by atoms with Gasteiger partial charge in [0.25, 0.3) is 0 Å². The zero-order valence-corrected chi connectivity index (χ0v) is 24.5. The van der Waals surface area contributed by atoms with E-state index in [1.807, 2.05) is 31.2 Å². The molecule has 0 aliphatic carbocycles. The van der Waals surface area contributed by atoms with Gasteiger partial charge in [0.15, 0.2) is 8.32 Å². The molecule has 8 heteroatoms. The molecule has 0 radical (unpaired) electrons. The molecule has 34 heavy (non-hydrogen) atoms.